The van der Waals surface area contributed by atoms with E-state index in [0.717, 1.165) is 16.5 Å². The summed E-state index contributed by atoms with van der Waals surface area (Å²) in [4.78, 5) is 33.3. The van der Waals surface area contributed by atoms with Crippen LogP contribution < -0.4 is 10.6 Å². The lowest BCUT2D eigenvalue weighted by Gasteiger charge is -2.14. The Morgan fingerprint density at radius 2 is 1.97 bits per heavy atom. The van der Waals surface area contributed by atoms with Crippen molar-refractivity contribution < 1.29 is 14.7 Å². The number of aromatic amines is 1. The van der Waals surface area contributed by atoms with Crippen molar-refractivity contribution >= 4 is 40.3 Å². The highest BCUT2D eigenvalue weighted by Gasteiger charge is 2.21. The molecule has 7 heteroatoms. The summed E-state index contributed by atoms with van der Waals surface area (Å²) in [6.07, 6.45) is 3.34. The van der Waals surface area contributed by atoms with Crippen LogP contribution in [-0.4, -0.2) is 34.7 Å². The average molecular weight is 416 g/mol. The summed E-state index contributed by atoms with van der Waals surface area (Å²) in [7, 11) is 0. The number of rotatable bonds is 5. The van der Waals surface area contributed by atoms with Crippen LogP contribution in [0.1, 0.15) is 29.8 Å². The van der Waals surface area contributed by atoms with E-state index in [1.807, 2.05) is 44.2 Å². The first-order valence-corrected chi connectivity index (χ1v) is 10.2. The second-order valence-corrected chi connectivity index (χ2v) is 7.94. The van der Waals surface area contributed by atoms with Crippen LogP contribution in [0.3, 0.4) is 0 Å². The lowest BCUT2D eigenvalue weighted by Crippen LogP contribution is -2.29. The predicted molar refractivity (Wildman–Crippen MR) is 122 cm³/mol. The van der Waals surface area contributed by atoms with Crippen LogP contribution in [0.4, 0.5) is 11.4 Å². The molecular weight excluding hydrogens is 392 g/mol. The minimum Gasteiger partial charge on any atom is -0.511 e. The second-order valence-electron chi connectivity index (χ2n) is 7.94. The van der Waals surface area contributed by atoms with Gasteiger partial charge in [0.15, 0.2) is 0 Å². The minimum atomic E-state index is -0.530. The highest BCUT2D eigenvalue weighted by atomic mass is 16.3. The maximum absolute atomic E-state index is 13.0. The molecule has 0 atom stereocenters. The number of nitrogens with zero attached hydrogens (tertiary/aromatic N) is 1. The molecule has 2 heterocycles. The molecule has 1 aliphatic rings. The van der Waals surface area contributed by atoms with E-state index in [-0.39, 0.29) is 23.7 Å². The van der Waals surface area contributed by atoms with Gasteiger partial charge in [0.2, 0.25) is 0 Å². The molecule has 0 aliphatic carbocycles. The molecule has 0 fully saturated rings. The summed E-state index contributed by atoms with van der Waals surface area (Å²) in [6.45, 7) is 4.54. The quantitative estimate of drug-likeness (QED) is 0.499. The topological polar surface area (TPSA) is 107 Å². The number of carbonyl (C=O) groups is 2. The van der Waals surface area contributed by atoms with Crippen LogP contribution >= 0.6 is 0 Å². The second kappa shape index (κ2) is 8.47. The number of aliphatic imine (C=N–C) groups is 1. The molecule has 0 spiro atoms. The average Bonchev–Trinajstić information content (AvgIpc) is 3.12. The number of aliphatic hydroxyl groups excluding tert-OH is 1. The van der Waals surface area contributed by atoms with E-state index >= 15 is 0 Å². The van der Waals surface area contributed by atoms with Gasteiger partial charge in [-0.15, -0.1) is 0 Å². The van der Waals surface area contributed by atoms with Gasteiger partial charge in [-0.05, 0) is 35.7 Å². The summed E-state index contributed by atoms with van der Waals surface area (Å²) in [5.74, 6) is -0.577. The van der Waals surface area contributed by atoms with Gasteiger partial charge in [0.05, 0.1) is 22.5 Å². The Morgan fingerprint density at radius 3 is 2.77 bits per heavy atom. The van der Waals surface area contributed by atoms with Crippen LogP contribution in [0, 0.1) is 5.92 Å². The highest BCUT2D eigenvalue weighted by molar-refractivity contribution is 6.20. The zero-order chi connectivity index (χ0) is 22.0. The standard InChI is InChI=1S/C24H24N4O3/c1-14(2)12-27-23(30)17-9-16-7-8-25-20(16)11-21(17)28-24(31)18-13-26-19-6-4-3-5-15(19)10-22(18)29/h3-9,11,13-14,25,29H,10,12H2,1-2H3,(H,27,30)(H,28,31). The van der Waals surface area contributed by atoms with Crippen LogP contribution in [0.2, 0.25) is 0 Å². The molecule has 1 aliphatic heterocycles. The van der Waals surface area contributed by atoms with Crippen molar-refractivity contribution in [3.05, 3.63) is 71.1 Å². The van der Waals surface area contributed by atoms with Crippen LogP contribution in [0.25, 0.3) is 10.9 Å². The number of nitrogens with one attached hydrogen (secondary N) is 3. The van der Waals surface area contributed by atoms with E-state index < -0.39 is 5.91 Å². The van der Waals surface area contributed by atoms with Gasteiger partial charge in [-0.3, -0.25) is 14.6 Å². The minimum absolute atomic E-state index is 0.0660. The van der Waals surface area contributed by atoms with Gasteiger partial charge in [-0.25, -0.2) is 0 Å². The van der Waals surface area contributed by atoms with E-state index in [9.17, 15) is 14.7 Å². The Hall–Kier alpha value is -3.87. The monoisotopic (exact) mass is 416 g/mol. The number of allylic oxidation sites excluding steroid dienone is 1. The van der Waals surface area contributed by atoms with Crippen LogP contribution in [0.5, 0.6) is 0 Å². The molecule has 0 radical (unpaired) electrons. The van der Waals surface area contributed by atoms with Crippen molar-refractivity contribution in [1.82, 2.24) is 10.3 Å². The maximum Gasteiger partial charge on any atom is 0.260 e. The van der Waals surface area contributed by atoms with E-state index in [4.69, 9.17) is 0 Å². The van der Waals surface area contributed by atoms with Gasteiger partial charge in [-0.1, -0.05) is 32.0 Å². The number of aliphatic hydroxyl groups is 1. The molecule has 2 amide bonds. The zero-order valence-electron chi connectivity index (χ0n) is 17.4. The Kier molecular flexibility index (Phi) is 5.58. The van der Waals surface area contributed by atoms with Gasteiger partial charge in [0, 0.05) is 36.3 Å². The van der Waals surface area contributed by atoms with Crippen molar-refractivity contribution in [1.29, 1.82) is 0 Å². The molecule has 0 saturated carbocycles. The first kappa shape index (κ1) is 20.4. The fourth-order valence-corrected chi connectivity index (χ4v) is 3.43. The number of benzene rings is 2. The van der Waals surface area contributed by atoms with Crippen LogP contribution in [0.15, 0.2) is 65.0 Å². The van der Waals surface area contributed by atoms with E-state index in [1.54, 1.807) is 18.3 Å². The first-order chi connectivity index (χ1) is 14.9. The maximum atomic E-state index is 13.0. The van der Waals surface area contributed by atoms with Crippen LogP contribution in [-0.2, 0) is 11.2 Å². The predicted octanol–water partition coefficient (Wildman–Crippen LogP) is 4.26. The SMILES string of the molecule is CC(C)CNC(=O)c1cc2cc[nH]c2cc1NC(=O)C1=C(O)Cc2ccccc2N=C1. The molecule has 3 aromatic rings. The third-order valence-corrected chi connectivity index (χ3v) is 5.09. The number of hydrogen-bond acceptors (Lipinski definition) is 4. The number of amides is 2. The number of fused-ring (bicyclic) bond motifs is 2. The molecule has 31 heavy (non-hydrogen) atoms. The number of aromatic nitrogens is 1. The lowest BCUT2D eigenvalue weighted by molar-refractivity contribution is -0.112. The Bertz CT molecular complexity index is 1220. The Morgan fingerprint density at radius 1 is 1.16 bits per heavy atom. The summed E-state index contributed by atoms with van der Waals surface area (Å²) in [5, 5.41) is 17.1. The van der Waals surface area contributed by atoms with E-state index in [0.29, 0.717) is 29.4 Å². The molecule has 1 aromatic heterocycles. The highest BCUT2D eigenvalue weighted by Crippen LogP contribution is 2.27. The van der Waals surface area contributed by atoms with Crippen molar-refractivity contribution in [3.8, 4) is 0 Å². The summed E-state index contributed by atoms with van der Waals surface area (Å²) >= 11 is 0. The fraction of sp³-hybridized carbons (Fsp3) is 0.208. The fourth-order valence-electron chi connectivity index (χ4n) is 3.43. The van der Waals surface area contributed by atoms with Crippen molar-refractivity contribution in [3.63, 3.8) is 0 Å². The number of carbonyl (C=O) groups excluding carboxylic acids is 2. The normalized spacial score (nSPS) is 13.3. The Labute approximate surface area is 179 Å². The van der Waals surface area contributed by atoms with Crippen molar-refractivity contribution in [2.24, 2.45) is 10.9 Å². The number of anilines is 1. The summed E-state index contributed by atoms with van der Waals surface area (Å²) in [5.41, 5.74) is 3.11. The van der Waals surface area contributed by atoms with Gasteiger partial charge >= 0.3 is 0 Å². The molecular formula is C24H24N4O3. The van der Waals surface area contributed by atoms with Gasteiger partial charge in [0.25, 0.3) is 11.8 Å². The van der Waals surface area contributed by atoms with Gasteiger partial charge < -0.3 is 20.7 Å². The molecule has 4 N–H and O–H groups in total. The molecule has 0 bridgehead atoms. The number of hydrogen-bond donors (Lipinski definition) is 4. The third kappa shape index (κ3) is 4.35. The van der Waals surface area contributed by atoms with Gasteiger partial charge in [0.1, 0.15) is 5.76 Å². The molecule has 158 valence electrons. The lowest BCUT2D eigenvalue weighted by atomic mass is 10.1. The largest absolute Gasteiger partial charge is 0.511 e. The van der Waals surface area contributed by atoms with E-state index in [2.05, 4.69) is 20.6 Å². The summed E-state index contributed by atoms with van der Waals surface area (Å²) < 4.78 is 0. The molecule has 0 unspecified atom stereocenters. The zero-order valence-corrected chi connectivity index (χ0v) is 17.4. The molecule has 7 nitrogen and oxygen atoms in total. The molecule has 0 saturated heterocycles. The number of para-hydroxylation sites is 1. The third-order valence-electron chi connectivity index (χ3n) is 5.09. The Balaban J connectivity index is 1.65. The van der Waals surface area contributed by atoms with Gasteiger partial charge in [-0.2, -0.15) is 0 Å². The van der Waals surface area contributed by atoms with Crippen molar-refractivity contribution in [2.45, 2.75) is 20.3 Å². The molecule has 4 rings (SSSR count). The summed E-state index contributed by atoms with van der Waals surface area (Å²) in [6, 6.07) is 12.7. The number of H-pyrrole nitrogens is 1. The smallest absolute Gasteiger partial charge is 0.260 e. The first-order valence-electron chi connectivity index (χ1n) is 10.2. The van der Waals surface area contributed by atoms with Crippen molar-refractivity contribution in [2.75, 3.05) is 11.9 Å². The molecule has 2 aromatic carbocycles. The van der Waals surface area contributed by atoms with E-state index in [1.165, 1.54) is 6.21 Å².